The minimum absolute atomic E-state index is 0.337. The van der Waals surface area contributed by atoms with E-state index in [-0.39, 0.29) is 0 Å². The highest BCUT2D eigenvalue weighted by molar-refractivity contribution is 5.55. The van der Waals surface area contributed by atoms with Gasteiger partial charge in [-0.25, -0.2) is 4.98 Å². The lowest BCUT2D eigenvalue weighted by atomic mass is 9.99. The number of piperidine rings is 1. The number of piperazine rings is 1. The third kappa shape index (κ3) is 2.36. The lowest BCUT2D eigenvalue weighted by Crippen LogP contribution is -2.55. The van der Waals surface area contributed by atoms with E-state index in [1.54, 1.807) is 6.07 Å². The van der Waals surface area contributed by atoms with E-state index in [9.17, 15) is 0 Å². The molecule has 1 aromatic rings. The molecule has 19 heavy (non-hydrogen) atoms. The van der Waals surface area contributed by atoms with Crippen molar-refractivity contribution in [3.8, 4) is 6.07 Å². The van der Waals surface area contributed by atoms with Gasteiger partial charge in [0.05, 0.1) is 5.69 Å². The molecule has 3 rings (SSSR count). The van der Waals surface area contributed by atoms with Gasteiger partial charge in [-0.3, -0.25) is 4.90 Å². The van der Waals surface area contributed by atoms with Crippen LogP contribution in [0.3, 0.4) is 0 Å². The Morgan fingerprint density at radius 1 is 1.26 bits per heavy atom. The lowest BCUT2D eigenvalue weighted by molar-refractivity contribution is 0.133. The molecule has 5 heteroatoms. The first-order valence-corrected chi connectivity index (χ1v) is 6.93. The first-order chi connectivity index (χ1) is 9.28. The molecular formula is C14H19N5. The summed E-state index contributed by atoms with van der Waals surface area (Å²) in [5.41, 5.74) is 6.52. The lowest BCUT2D eigenvalue weighted by Gasteiger charge is -2.44. The summed E-state index contributed by atoms with van der Waals surface area (Å²) in [4.78, 5) is 9.24. The maximum atomic E-state index is 9.01. The van der Waals surface area contributed by atoms with Gasteiger partial charge in [-0.05, 0) is 31.5 Å². The van der Waals surface area contributed by atoms with Gasteiger partial charge in [-0.2, -0.15) is 5.26 Å². The van der Waals surface area contributed by atoms with Gasteiger partial charge in [0.2, 0.25) is 0 Å². The number of anilines is 2. The molecule has 0 spiro atoms. The van der Waals surface area contributed by atoms with Crippen LogP contribution in [0.2, 0.25) is 0 Å². The van der Waals surface area contributed by atoms with E-state index in [1.807, 2.05) is 6.07 Å². The zero-order chi connectivity index (χ0) is 13.2. The van der Waals surface area contributed by atoms with Crippen LogP contribution in [0.4, 0.5) is 11.5 Å². The summed E-state index contributed by atoms with van der Waals surface area (Å²) in [6, 6.07) is 6.41. The average molecular weight is 257 g/mol. The molecule has 2 aliphatic rings. The Hall–Kier alpha value is -1.80. The van der Waals surface area contributed by atoms with Gasteiger partial charge in [-0.15, -0.1) is 0 Å². The molecule has 0 amide bonds. The van der Waals surface area contributed by atoms with E-state index in [1.165, 1.54) is 25.8 Å². The molecule has 2 aliphatic heterocycles. The fraction of sp³-hybridized carbons (Fsp3) is 0.571. The highest BCUT2D eigenvalue weighted by Crippen LogP contribution is 2.24. The van der Waals surface area contributed by atoms with Gasteiger partial charge < -0.3 is 10.6 Å². The molecule has 2 N–H and O–H groups in total. The van der Waals surface area contributed by atoms with Crippen molar-refractivity contribution < 1.29 is 0 Å². The molecule has 100 valence electrons. The third-order valence-corrected chi connectivity index (χ3v) is 4.18. The number of nitrogens with two attached hydrogens (primary N) is 1. The number of fused-ring (bicyclic) bond motifs is 1. The van der Waals surface area contributed by atoms with Crippen LogP contribution < -0.4 is 10.6 Å². The number of nitrogen functional groups attached to an aromatic ring is 1. The van der Waals surface area contributed by atoms with E-state index in [0.717, 1.165) is 25.5 Å². The summed E-state index contributed by atoms with van der Waals surface area (Å²) in [6.07, 6.45) is 3.93. The van der Waals surface area contributed by atoms with Crippen molar-refractivity contribution in [1.29, 1.82) is 5.26 Å². The highest BCUT2D eigenvalue weighted by atomic mass is 15.3. The smallest absolute Gasteiger partial charge is 0.165 e. The summed E-state index contributed by atoms with van der Waals surface area (Å²) in [7, 11) is 0. The number of nitrogens with zero attached hydrogens (tertiary/aromatic N) is 4. The van der Waals surface area contributed by atoms with Crippen molar-refractivity contribution in [1.82, 2.24) is 9.88 Å². The van der Waals surface area contributed by atoms with Gasteiger partial charge in [0.25, 0.3) is 0 Å². The molecule has 0 bridgehead atoms. The maximum absolute atomic E-state index is 9.01. The third-order valence-electron chi connectivity index (χ3n) is 4.18. The summed E-state index contributed by atoms with van der Waals surface area (Å²) in [6.45, 7) is 4.33. The minimum Gasteiger partial charge on any atom is -0.396 e. The van der Waals surface area contributed by atoms with Gasteiger partial charge in [0.15, 0.2) is 5.69 Å². The summed E-state index contributed by atoms with van der Waals surface area (Å²) < 4.78 is 0. The van der Waals surface area contributed by atoms with Gasteiger partial charge in [-0.1, -0.05) is 6.42 Å². The summed E-state index contributed by atoms with van der Waals surface area (Å²) in [5, 5.41) is 9.01. The molecule has 0 radical (unpaired) electrons. The van der Waals surface area contributed by atoms with E-state index >= 15 is 0 Å². The molecule has 5 nitrogen and oxygen atoms in total. The monoisotopic (exact) mass is 257 g/mol. The van der Waals surface area contributed by atoms with Crippen molar-refractivity contribution in [3.05, 3.63) is 17.8 Å². The molecule has 2 saturated heterocycles. The fourth-order valence-corrected chi connectivity index (χ4v) is 3.09. The Labute approximate surface area is 113 Å². The van der Waals surface area contributed by atoms with Crippen molar-refractivity contribution in [2.45, 2.75) is 25.3 Å². The zero-order valence-corrected chi connectivity index (χ0v) is 11.0. The SMILES string of the molecule is N#Cc1nc(N2CCN3CCCCC3C2)ccc1N. The largest absolute Gasteiger partial charge is 0.396 e. The number of hydrogen-bond acceptors (Lipinski definition) is 5. The fourth-order valence-electron chi connectivity index (χ4n) is 3.09. The van der Waals surface area contributed by atoms with Crippen LogP contribution in [-0.4, -0.2) is 42.1 Å². The maximum Gasteiger partial charge on any atom is 0.165 e. The van der Waals surface area contributed by atoms with Crippen LogP contribution in [0.1, 0.15) is 25.0 Å². The second kappa shape index (κ2) is 5.06. The Morgan fingerprint density at radius 3 is 3.00 bits per heavy atom. The van der Waals surface area contributed by atoms with Crippen LogP contribution in [0, 0.1) is 11.3 Å². The predicted molar refractivity (Wildman–Crippen MR) is 74.8 cm³/mol. The topological polar surface area (TPSA) is 69.2 Å². The van der Waals surface area contributed by atoms with Crippen LogP contribution in [0.5, 0.6) is 0 Å². The standard InChI is InChI=1S/C14H19N5/c15-9-13-12(16)4-5-14(17-13)19-8-7-18-6-2-1-3-11(18)10-19/h4-5,11H,1-3,6-8,10,16H2. The zero-order valence-electron chi connectivity index (χ0n) is 11.0. The average Bonchev–Trinajstić information content (AvgIpc) is 2.47. The highest BCUT2D eigenvalue weighted by Gasteiger charge is 2.29. The molecule has 1 unspecified atom stereocenters. The van der Waals surface area contributed by atoms with Gasteiger partial charge in [0, 0.05) is 25.7 Å². The first kappa shape index (κ1) is 12.2. The van der Waals surface area contributed by atoms with E-state index < -0.39 is 0 Å². The normalized spacial score (nSPS) is 23.7. The number of nitriles is 1. The van der Waals surface area contributed by atoms with Crippen molar-refractivity contribution in [3.63, 3.8) is 0 Å². The second-order valence-electron chi connectivity index (χ2n) is 5.35. The van der Waals surface area contributed by atoms with Crippen molar-refractivity contribution in [2.24, 2.45) is 0 Å². The van der Waals surface area contributed by atoms with Crippen LogP contribution in [-0.2, 0) is 0 Å². The van der Waals surface area contributed by atoms with Gasteiger partial charge in [0.1, 0.15) is 11.9 Å². The van der Waals surface area contributed by atoms with E-state index in [2.05, 4.69) is 20.9 Å². The molecular weight excluding hydrogens is 238 g/mol. The van der Waals surface area contributed by atoms with E-state index in [4.69, 9.17) is 11.0 Å². The minimum atomic E-state index is 0.337. The molecule has 0 saturated carbocycles. The predicted octanol–water partition coefficient (Wildman–Crippen LogP) is 1.21. The second-order valence-corrected chi connectivity index (χ2v) is 5.35. The molecule has 1 aromatic heterocycles. The van der Waals surface area contributed by atoms with E-state index in [0.29, 0.717) is 17.4 Å². The number of pyridine rings is 1. The molecule has 0 aromatic carbocycles. The van der Waals surface area contributed by atoms with Crippen molar-refractivity contribution >= 4 is 11.5 Å². The number of hydrogen-bond donors (Lipinski definition) is 1. The van der Waals surface area contributed by atoms with Crippen LogP contribution in [0.25, 0.3) is 0 Å². The molecule has 2 fully saturated rings. The van der Waals surface area contributed by atoms with Crippen LogP contribution >= 0.6 is 0 Å². The Kier molecular flexibility index (Phi) is 3.26. The number of aromatic nitrogens is 1. The Morgan fingerprint density at radius 2 is 2.16 bits per heavy atom. The number of rotatable bonds is 1. The van der Waals surface area contributed by atoms with Crippen LogP contribution in [0.15, 0.2) is 12.1 Å². The molecule has 1 atom stereocenters. The molecule has 0 aliphatic carbocycles. The molecule has 3 heterocycles. The summed E-state index contributed by atoms with van der Waals surface area (Å²) in [5.74, 6) is 0.885. The Bertz CT molecular complexity index is 507. The first-order valence-electron chi connectivity index (χ1n) is 6.93. The quantitative estimate of drug-likeness (QED) is 0.819. The summed E-state index contributed by atoms with van der Waals surface area (Å²) >= 11 is 0. The Balaban J connectivity index is 1.78. The van der Waals surface area contributed by atoms with Gasteiger partial charge >= 0.3 is 0 Å². The van der Waals surface area contributed by atoms with Crippen molar-refractivity contribution in [2.75, 3.05) is 36.8 Å².